The molecule has 25 heavy (non-hydrogen) atoms. The smallest absolute Gasteiger partial charge is 0.317 e. The first-order valence-corrected chi connectivity index (χ1v) is 8.63. The van der Waals surface area contributed by atoms with Gasteiger partial charge in [-0.3, -0.25) is 0 Å². The topological polar surface area (TPSA) is 61.8 Å². The van der Waals surface area contributed by atoms with Crippen molar-refractivity contribution in [3.05, 3.63) is 65.2 Å². The zero-order chi connectivity index (χ0) is 17.9. The molecule has 0 unspecified atom stereocenters. The predicted molar refractivity (Wildman–Crippen MR) is 99.2 cm³/mol. The van der Waals surface area contributed by atoms with Crippen LogP contribution in [0.4, 0.5) is 4.79 Å². The summed E-state index contributed by atoms with van der Waals surface area (Å²) in [6.07, 6.45) is 0.743. The minimum Gasteiger partial charge on any atom is -0.492 e. The van der Waals surface area contributed by atoms with E-state index in [1.807, 2.05) is 42.5 Å². The highest BCUT2D eigenvalue weighted by Crippen LogP contribution is 2.16. The average molecular weight is 363 g/mol. The largest absolute Gasteiger partial charge is 0.492 e. The second-order valence-electron chi connectivity index (χ2n) is 5.48. The van der Waals surface area contributed by atoms with Crippen molar-refractivity contribution in [1.82, 2.24) is 10.2 Å². The average Bonchev–Trinajstić information content (AvgIpc) is 2.63. The lowest BCUT2D eigenvalue weighted by atomic mass is 10.1. The Morgan fingerprint density at radius 1 is 1.12 bits per heavy atom. The highest BCUT2D eigenvalue weighted by atomic mass is 35.5. The van der Waals surface area contributed by atoms with E-state index in [0.29, 0.717) is 37.0 Å². The molecule has 0 fully saturated rings. The summed E-state index contributed by atoms with van der Waals surface area (Å²) in [4.78, 5) is 13.9. The number of rotatable bonds is 9. The number of nitrogens with zero attached hydrogens (tertiary/aromatic N) is 1. The quantitative estimate of drug-likeness (QED) is 0.674. The highest BCUT2D eigenvalue weighted by molar-refractivity contribution is 6.30. The summed E-state index contributed by atoms with van der Waals surface area (Å²) in [6.45, 7) is 1.50. The number of hydrogen-bond acceptors (Lipinski definition) is 3. The SMILES string of the molecule is O=C(NCCOc1cccc(Cl)c1)N(CCO)CCc1ccccc1. The van der Waals surface area contributed by atoms with Crippen LogP contribution in [-0.2, 0) is 6.42 Å². The molecule has 5 nitrogen and oxygen atoms in total. The maximum Gasteiger partial charge on any atom is 0.317 e. The molecule has 134 valence electrons. The molecule has 0 aromatic heterocycles. The Bertz CT molecular complexity index is 652. The van der Waals surface area contributed by atoms with E-state index in [-0.39, 0.29) is 12.6 Å². The van der Waals surface area contributed by atoms with E-state index in [1.165, 1.54) is 0 Å². The molecule has 2 amide bonds. The van der Waals surface area contributed by atoms with Crippen LogP contribution in [0.2, 0.25) is 5.02 Å². The molecule has 2 aromatic rings. The summed E-state index contributed by atoms with van der Waals surface area (Å²) in [7, 11) is 0. The van der Waals surface area contributed by atoms with E-state index >= 15 is 0 Å². The number of urea groups is 1. The standard InChI is InChI=1S/C19H23ClN2O3/c20-17-7-4-8-18(15-17)25-14-10-21-19(24)22(12-13-23)11-9-16-5-2-1-3-6-16/h1-8,15,23H,9-14H2,(H,21,24). The van der Waals surface area contributed by atoms with Crippen LogP contribution in [0.15, 0.2) is 54.6 Å². The maximum absolute atomic E-state index is 12.2. The summed E-state index contributed by atoms with van der Waals surface area (Å²) >= 11 is 5.89. The van der Waals surface area contributed by atoms with Gasteiger partial charge in [-0.25, -0.2) is 4.79 Å². The fourth-order valence-electron chi connectivity index (χ4n) is 2.34. The first-order chi connectivity index (χ1) is 12.2. The van der Waals surface area contributed by atoms with Gasteiger partial charge in [0, 0.05) is 18.1 Å². The van der Waals surface area contributed by atoms with Gasteiger partial charge in [0.2, 0.25) is 0 Å². The Labute approximate surface area is 153 Å². The number of ether oxygens (including phenoxy) is 1. The monoisotopic (exact) mass is 362 g/mol. The molecule has 0 heterocycles. The molecule has 0 bridgehead atoms. The van der Waals surface area contributed by atoms with Gasteiger partial charge in [0.15, 0.2) is 0 Å². The number of carbonyl (C=O) groups is 1. The molecule has 6 heteroatoms. The van der Waals surface area contributed by atoms with Crippen molar-refractivity contribution >= 4 is 17.6 Å². The van der Waals surface area contributed by atoms with Gasteiger partial charge in [0.25, 0.3) is 0 Å². The molecule has 0 aliphatic carbocycles. The molecule has 2 rings (SSSR count). The number of nitrogens with one attached hydrogen (secondary N) is 1. The van der Waals surface area contributed by atoms with Crippen LogP contribution in [0.5, 0.6) is 5.75 Å². The van der Waals surface area contributed by atoms with Crippen LogP contribution in [0.25, 0.3) is 0 Å². The van der Waals surface area contributed by atoms with Crippen LogP contribution in [0.1, 0.15) is 5.56 Å². The van der Waals surface area contributed by atoms with Crippen LogP contribution in [0, 0.1) is 0 Å². The zero-order valence-electron chi connectivity index (χ0n) is 14.0. The number of carbonyl (C=O) groups excluding carboxylic acids is 1. The first kappa shape index (κ1) is 19.1. The molecule has 0 aliphatic rings. The number of amides is 2. The van der Waals surface area contributed by atoms with Gasteiger partial charge >= 0.3 is 6.03 Å². The van der Waals surface area contributed by atoms with Gasteiger partial charge in [-0.1, -0.05) is 48.0 Å². The van der Waals surface area contributed by atoms with E-state index in [4.69, 9.17) is 16.3 Å². The third-order valence-electron chi connectivity index (χ3n) is 3.61. The highest BCUT2D eigenvalue weighted by Gasteiger charge is 2.12. The summed E-state index contributed by atoms with van der Waals surface area (Å²) in [5, 5.41) is 12.6. The van der Waals surface area contributed by atoms with Crippen molar-refractivity contribution < 1.29 is 14.6 Å². The minimum atomic E-state index is -0.209. The normalized spacial score (nSPS) is 10.3. The molecule has 0 saturated carbocycles. The number of aliphatic hydroxyl groups is 1. The second-order valence-corrected chi connectivity index (χ2v) is 5.92. The molecule has 0 spiro atoms. The van der Waals surface area contributed by atoms with E-state index < -0.39 is 0 Å². The molecular weight excluding hydrogens is 340 g/mol. The van der Waals surface area contributed by atoms with Crippen molar-refractivity contribution in [3.63, 3.8) is 0 Å². The number of hydrogen-bond donors (Lipinski definition) is 2. The van der Waals surface area contributed by atoms with Crippen LogP contribution in [0.3, 0.4) is 0 Å². The molecule has 0 aliphatic heterocycles. The fraction of sp³-hybridized carbons (Fsp3) is 0.316. The van der Waals surface area contributed by atoms with Gasteiger partial charge in [-0.15, -0.1) is 0 Å². The van der Waals surface area contributed by atoms with Gasteiger partial charge < -0.3 is 20.1 Å². The Kier molecular flexibility index (Phi) is 8.09. The van der Waals surface area contributed by atoms with E-state index in [9.17, 15) is 9.90 Å². The molecule has 2 aromatic carbocycles. The molecular formula is C19H23ClN2O3. The Hall–Kier alpha value is -2.24. The van der Waals surface area contributed by atoms with Crippen molar-refractivity contribution in [2.24, 2.45) is 0 Å². The molecule has 0 atom stereocenters. The number of halogens is 1. The van der Waals surface area contributed by atoms with Gasteiger partial charge in [0.05, 0.1) is 13.2 Å². The zero-order valence-corrected chi connectivity index (χ0v) is 14.8. The summed E-state index contributed by atoms with van der Waals surface area (Å²) in [6, 6.07) is 16.9. The third kappa shape index (κ3) is 7.03. The van der Waals surface area contributed by atoms with Crippen molar-refractivity contribution in [2.75, 3.05) is 32.8 Å². The summed E-state index contributed by atoms with van der Waals surface area (Å²) < 4.78 is 5.54. The summed E-state index contributed by atoms with van der Waals surface area (Å²) in [5.74, 6) is 0.665. The number of benzene rings is 2. The van der Waals surface area contributed by atoms with Gasteiger partial charge in [0.1, 0.15) is 12.4 Å². The predicted octanol–water partition coefficient (Wildman–Crippen LogP) is 2.97. The van der Waals surface area contributed by atoms with Crippen LogP contribution < -0.4 is 10.1 Å². The van der Waals surface area contributed by atoms with Crippen LogP contribution in [-0.4, -0.2) is 48.9 Å². The molecule has 0 saturated heterocycles. The molecule has 0 radical (unpaired) electrons. The fourth-order valence-corrected chi connectivity index (χ4v) is 2.52. The van der Waals surface area contributed by atoms with E-state index in [2.05, 4.69) is 5.32 Å². The van der Waals surface area contributed by atoms with E-state index in [1.54, 1.807) is 17.0 Å². The van der Waals surface area contributed by atoms with Crippen LogP contribution >= 0.6 is 11.6 Å². The van der Waals surface area contributed by atoms with E-state index in [0.717, 1.165) is 12.0 Å². The second kappa shape index (κ2) is 10.6. The number of aliphatic hydroxyl groups excluding tert-OH is 1. The van der Waals surface area contributed by atoms with Gasteiger partial charge in [-0.2, -0.15) is 0 Å². The van der Waals surface area contributed by atoms with Crippen molar-refractivity contribution in [3.8, 4) is 5.75 Å². The Morgan fingerprint density at radius 2 is 1.92 bits per heavy atom. The lowest BCUT2D eigenvalue weighted by Gasteiger charge is -2.22. The first-order valence-electron chi connectivity index (χ1n) is 8.25. The van der Waals surface area contributed by atoms with Crippen molar-refractivity contribution in [1.29, 1.82) is 0 Å². The lowest BCUT2D eigenvalue weighted by molar-refractivity contribution is 0.176. The minimum absolute atomic E-state index is 0.0682. The molecule has 2 N–H and O–H groups in total. The Balaban J connectivity index is 1.73. The third-order valence-corrected chi connectivity index (χ3v) is 3.85. The Morgan fingerprint density at radius 3 is 2.64 bits per heavy atom. The van der Waals surface area contributed by atoms with Crippen molar-refractivity contribution in [2.45, 2.75) is 6.42 Å². The maximum atomic E-state index is 12.2. The lowest BCUT2D eigenvalue weighted by Crippen LogP contribution is -2.43. The summed E-state index contributed by atoms with van der Waals surface area (Å²) in [5.41, 5.74) is 1.16. The van der Waals surface area contributed by atoms with Gasteiger partial charge in [-0.05, 0) is 30.2 Å².